The highest BCUT2D eigenvalue weighted by atomic mass is 16.1. The van der Waals surface area contributed by atoms with Crippen LogP contribution < -0.4 is 4.90 Å². The molecule has 5 aromatic rings. The maximum atomic E-state index is 14.0. The molecule has 1 aliphatic heterocycles. The normalized spacial score (nSPS) is 14.2. The van der Waals surface area contributed by atoms with Gasteiger partial charge in [0.25, 0.3) is 0 Å². The van der Waals surface area contributed by atoms with Crippen LogP contribution in [0.1, 0.15) is 107 Å². The molecule has 1 aliphatic rings. The van der Waals surface area contributed by atoms with Gasteiger partial charge in [-0.25, -0.2) is 0 Å². The predicted molar refractivity (Wildman–Crippen MR) is 193 cm³/mol. The van der Waals surface area contributed by atoms with E-state index in [1.807, 2.05) is 38.1 Å². The van der Waals surface area contributed by atoms with Gasteiger partial charge in [0.1, 0.15) is 0 Å². The van der Waals surface area contributed by atoms with Gasteiger partial charge in [0.05, 0.1) is 0 Å². The molecule has 4 heteroatoms. The molecule has 0 aliphatic carbocycles. The fourth-order valence-electron chi connectivity index (χ4n) is 7.58. The second kappa shape index (κ2) is 13.7. The molecule has 1 unspecified atom stereocenters. The van der Waals surface area contributed by atoms with Crippen LogP contribution in [0.5, 0.6) is 0 Å². The molecule has 46 heavy (non-hydrogen) atoms. The largest absolute Gasteiger partial charge is 0.372 e. The summed E-state index contributed by atoms with van der Waals surface area (Å²) in [6.07, 6.45) is 8.47. The Kier molecular flexibility index (Phi) is 9.44. The van der Waals surface area contributed by atoms with Crippen molar-refractivity contribution >= 4 is 39.1 Å². The number of fused-ring (bicyclic) bond motifs is 3. The molecule has 0 bridgehead atoms. The summed E-state index contributed by atoms with van der Waals surface area (Å²) < 4.78 is 2.42. The summed E-state index contributed by atoms with van der Waals surface area (Å²) in [6, 6.07) is 24.6. The van der Waals surface area contributed by atoms with Gasteiger partial charge in [-0.15, -0.1) is 0 Å². The van der Waals surface area contributed by atoms with Gasteiger partial charge >= 0.3 is 0 Å². The molecule has 2 heterocycles. The Hall–Kier alpha value is -4.18. The summed E-state index contributed by atoms with van der Waals surface area (Å²) in [6.45, 7) is 13.7. The van der Waals surface area contributed by atoms with Crippen LogP contribution in [-0.4, -0.2) is 29.2 Å². The van der Waals surface area contributed by atoms with E-state index in [0.717, 1.165) is 70.1 Å². The van der Waals surface area contributed by atoms with Crippen LogP contribution in [0.3, 0.4) is 0 Å². The standard InChI is InChI=1S/C42H48N2O2/c1-6-8-12-31(7-2)27-44-38-19-15-33(41(45)32-13-17-35(18-14-32)43-21-10-9-11-22-43)25-36(38)37-26-34(16-20-39(37)44)42(46)40-29(4)23-28(3)24-30(40)5/h13-20,23-26,31H,6-12,21-22,27H2,1-5H3. The fourth-order valence-corrected chi connectivity index (χ4v) is 7.58. The highest BCUT2D eigenvalue weighted by Crippen LogP contribution is 2.34. The van der Waals surface area contributed by atoms with Crippen molar-refractivity contribution in [1.29, 1.82) is 0 Å². The van der Waals surface area contributed by atoms with Crippen molar-refractivity contribution < 1.29 is 9.59 Å². The fraction of sp³-hybridized carbons (Fsp3) is 0.381. The first-order valence-electron chi connectivity index (χ1n) is 17.4. The number of piperidine rings is 1. The van der Waals surface area contributed by atoms with E-state index in [2.05, 4.69) is 78.8 Å². The molecule has 4 aromatic carbocycles. The third-order valence-electron chi connectivity index (χ3n) is 10.1. The lowest BCUT2D eigenvalue weighted by molar-refractivity contribution is 0.103. The topological polar surface area (TPSA) is 42.3 Å². The number of carbonyl (C=O) groups is 2. The van der Waals surface area contributed by atoms with Crippen LogP contribution in [0.2, 0.25) is 0 Å². The monoisotopic (exact) mass is 612 g/mol. The Morgan fingerprint density at radius 3 is 1.83 bits per heavy atom. The lowest BCUT2D eigenvalue weighted by Crippen LogP contribution is -2.29. The zero-order chi connectivity index (χ0) is 32.4. The van der Waals surface area contributed by atoms with E-state index >= 15 is 0 Å². The van der Waals surface area contributed by atoms with Crippen molar-refractivity contribution in [3.05, 3.63) is 112 Å². The summed E-state index contributed by atoms with van der Waals surface area (Å²) in [5.74, 6) is 0.645. The summed E-state index contributed by atoms with van der Waals surface area (Å²) >= 11 is 0. The Morgan fingerprint density at radius 2 is 1.26 bits per heavy atom. The van der Waals surface area contributed by atoms with Crippen LogP contribution in [0.25, 0.3) is 21.8 Å². The SMILES string of the molecule is CCCCC(CC)Cn1c2ccc(C(=O)c3ccc(N4CCCCC4)cc3)cc2c2cc(C(=O)c3c(C)cc(C)cc3C)ccc21. The quantitative estimate of drug-likeness (QED) is 0.139. The molecule has 0 amide bonds. The van der Waals surface area contributed by atoms with Crippen LogP contribution in [0.15, 0.2) is 72.8 Å². The Labute approximate surface area is 274 Å². The van der Waals surface area contributed by atoms with Gasteiger partial charge in [-0.1, -0.05) is 50.8 Å². The molecule has 0 saturated carbocycles. The van der Waals surface area contributed by atoms with Crippen molar-refractivity contribution in [2.45, 2.75) is 86.1 Å². The second-order valence-corrected chi connectivity index (χ2v) is 13.5. The highest BCUT2D eigenvalue weighted by molar-refractivity contribution is 6.17. The predicted octanol–water partition coefficient (Wildman–Crippen LogP) is 10.4. The minimum atomic E-state index is 0.0283. The molecule has 1 fully saturated rings. The molecule has 6 rings (SSSR count). The number of anilines is 1. The molecule has 4 nitrogen and oxygen atoms in total. The Balaban J connectivity index is 1.42. The number of aromatic nitrogens is 1. The zero-order valence-electron chi connectivity index (χ0n) is 28.3. The lowest BCUT2D eigenvalue weighted by atomic mass is 9.92. The molecular weight excluding hydrogens is 564 g/mol. The van der Waals surface area contributed by atoms with Gasteiger partial charge < -0.3 is 9.47 Å². The van der Waals surface area contributed by atoms with Gasteiger partial charge in [0, 0.05) is 69.4 Å². The van der Waals surface area contributed by atoms with Crippen molar-refractivity contribution in [1.82, 2.24) is 4.57 Å². The van der Waals surface area contributed by atoms with Crippen LogP contribution in [0.4, 0.5) is 5.69 Å². The number of hydrogen-bond acceptors (Lipinski definition) is 3. The van der Waals surface area contributed by atoms with E-state index in [9.17, 15) is 9.59 Å². The smallest absolute Gasteiger partial charge is 0.193 e. The van der Waals surface area contributed by atoms with Gasteiger partial charge in [0.2, 0.25) is 0 Å². The van der Waals surface area contributed by atoms with Crippen LogP contribution in [0, 0.1) is 26.7 Å². The third kappa shape index (κ3) is 6.27. The van der Waals surface area contributed by atoms with Gasteiger partial charge in [-0.05, 0) is 124 Å². The zero-order valence-corrected chi connectivity index (χ0v) is 28.3. The number of rotatable bonds is 11. The number of unbranched alkanes of at least 4 members (excludes halogenated alkanes) is 1. The lowest BCUT2D eigenvalue weighted by Gasteiger charge is -2.28. The van der Waals surface area contributed by atoms with Crippen molar-refractivity contribution in [3.8, 4) is 0 Å². The summed E-state index contributed by atoms with van der Waals surface area (Å²) in [5, 5.41) is 2.06. The average Bonchev–Trinajstić information content (AvgIpc) is 3.37. The van der Waals surface area contributed by atoms with Crippen molar-refractivity contribution in [2.24, 2.45) is 5.92 Å². The van der Waals surface area contributed by atoms with E-state index in [4.69, 9.17) is 0 Å². The summed E-state index contributed by atoms with van der Waals surface area (Å²) in [5.41, 5.74) is 9.46. The van der Waals surface area contributed by atoms with E-state index in [1.165, 1.54) is 44.2 Å². The van der Waals surface area contributed by atoms with E-state index in [-0.39, 0.29) is 11.6 Å². The molecule has 0 N–H and O–H groups in total. The molecular formula is C42H48N2O2. The van der Waals surface area contributed by atoms with Gasteiger partial charge in [-0.2, -0.15) is 0 Å². The minimum absolute atomic E-state index is 0.0283. The van der Waals surface area contributed by atoms with Crippen LogP contribution in [-0.2, 0) is 6.54 Å². The highest BCUT2D eigenvalue weighted by Gasteiger charge is 2.21. The molecule has 1 saturated heterocycles. The number of nitrogens with zero attached hydrogens (tertiary/aromatic N) is 2. The second-order valence-electron chi connectivity index (χ2n) is 13.5. The number of benzene rings is 4. The molecule has 238 valence electrons. The summed E-state index contributed by atoms with van der Waals surface area (Å²) in [4.78, 5) is 30.2. The molecule has 1 aromatic heterocycles. The average molecular weight is 613 g/mol. The van der Waals surface area contributed by atoms with Gasteiger partial charge in [-0.3, -0.25) is 9.59 Å². The summed E-state index contributed by atoms with van der Waals surface area (Å²) in [7, 11) is 0. The number of carbonyl (C=O) groups excluding carboxylic acids is 2. The first-order chi connectivity index (χ1) is 22.3. The maximum absolute atomic E-state index is 14.0. The third-order valence-corrected chi connectivity index (χ3v) is 10.1. The first kappa shape index (κ1) is 31.8. The van der Waals surface area contributed by atoms with E-state index in [1.54, 1.807) is 0 Å². The molecule has 1 atom stereocenters. The van der Waals surface area contributed by atoms with Gasteiger partial charge in [0.15, 0.2) is 11.6 Å². The first-order valence-corrected chi connectivity index (χ1v) is 17.4. The Morgan fingerprint density at radius 1 is 0.696 bits per heavy atom. The minimum Gasteiger partial charge on any atom is -0.372 e. The van der Waals surface area contributed by atoms with E-state index in [0.29, 0.717) is 22.6 Å². The number of hydrogen-bond donors (Lipinski definition) is 0. The van der Waals surface area contributed by atoms with Crippen molar-refractivity contribution in [2.75, 3.05) is 18.0 Å². The van der Waals surface area contributed by atoms with Crippen LogP contribution >= 0.6 is 0 Å². The Bertz CT molecular complexity index is 1870. The number of aryl methyl sites for hydroxylation is 3. The molecule has 0 radical (unpaired) electrons. The van der Waals surface area contributed by atoms with Crippen molar-refractivity contribution in [3.63, 3.8) is 0 Å². The number of ketones is 2. The van der Waals surface area contributed by atoms with E-state index < -0.39 is 0 Å². The maximum Gasteiger partial charge on any atom is 0.193 e. The molecule has 0 spiro atoms.